The van der Waals surface area contributed by atoms with Crippen molar-refractivity contribution in [2.75, 3.05) is 13.7 Å². The van der Waals surface area contributed by atoms with E-state index in [1.165, 1.54) is 18.0 Å². The molecule has 1 unspecified atom stereocenters. The number of ether oxygens (including phenoxy) is 1. The number of carbonyl (C=O) groups is 1. The van der Waals surface area contributed by atoms with E-state index < -0.39 is 0 Å². The lowest BCUT2D eigenvalue weighted by atomic mass is 10.0. The van der Waals surface area contributed by atoms with Gasteiger partial charge in [-0.25, -0.2) is 4.98 Å². The molecule has 1 N–H and O–H groups in total. The predicted octanol–water partition coefficient (Wildman–Crippen LogP) is 2.29. The average molecular weight is 274 g/mol. The number of aromatic nitrogens is 1. The zero-order valence-electron chi connectivity index (χ0n) is 11.6. The highest BCUT2D eigenvalue weighted by Crippen LogP contribution is 2.14. The minimum absolute atomic E-state index is 0.0987. The van der Waals surface area contributed by atoms with Crippen LogP contribution >= 0.6 is 0 Å². The van der Waals surface area contributed by atoms with Crippen LogP contribution in [0, 0.1) is 5.92 Å². The van der Waals surface area contributed by atoms with Crippen LogP contribution < -0.4 is 10.1 Å². The first-order chi connectivity index (χ1) is 9.69. The Kier molecular flexibility index (Phi) is 4.76. The van der Waals surface area contributed by atoms with Crippen LogP contribution in [0.5, 0.6) is 5.75 Å². The quantitative estimate of drug-likeness (QED) is 0.877. The van der Waals surface area contributed by atoms with Crippen molar-refractivity contribution in [3.63, 3.8) is 0 Å². The summed E-state index contributed by atoms with van der Waals surface area (Å²) >= 11 is 0. The molecule has 1 amide bonds. The van der Waals surface area contributed by atoms with E-state index in [4.69, 9.17) is 9.15 Å². The maximum atomic E-state index is 11.7. The third kappa shape index (κ3) is 3.85. The number of amides is 1. The number of nitrogens with zero attached hydrogens (tertiary/aromatic N) is 1. The first-order valence-electron chi connectivity index (χ1n) is 6.49. The standard InChI is InChI=1S/C15H18N2O3/c1-11(9-12-3-5-13(19-2)6-4-12)10-17-14(18)15-16-7-8-20-15/h3-8,11H,9-10H2,1-2H3,(H,17,18). The Hall–Kier alpha value is -2.30. The van der Waals surface area contributed by atoms with Crippen LogP contribution in [0.1, 0.15) is 23.2 Å². The van der Waals surface area contributed by atoms with E-state index in [1.807, 2.05) is 24.3 Å². The minimum Gasteiger partial charge on any atom is -0.497 e. The van der Waals surface area contributed by atoms with Gasteiger partial charge in [-0.1, -0.05) is 19.1 Å². The molecule has 1 heterocycles. The van der Waals surface area contributed by atoms with Gasteiger partial charge in [-0.15, -0.1) is 0 Å². The van der Waals surface area contributed by atoms with E-state index >= 15 is 0 Å². The van der Waals surface area contributed by atoms with Gasteiger partial charge >= 0.3 is 5.91 Å². The van der Waals surface area contributed by atoms with E-state index in [0.717, 1.165) is 12.2 Å². The van der Waals surface area contributed by atoms with Crippen molar-refractivity contribution in [3.8, 4) is 5.75 Å². The second kappa shape index (κ2) is 6.75. The molecule has 0 radical (unpaired) electrons. The average Bonchev–Trinajstić information content (AvgIpc) is 3.00. The van der Waals surface area contributed by atoms with Crippen LogP contribution in [0.4, 0.5) is 0 Å². The van der Waals surface area contributed by atoms with Gasteiger partial charge in [0.25, 0.3) is 5.89 Å². The van der Waals surface area contributed by atoms with Crippen molar-refractivity contribution in [2.24, 2.45) is 5.92 Å². The first kappa shape index (κ1) is 14.1. The molecule has 5 heteroatoms. The Morgan fingerprint density at radius 3 is 2.75 bits per heavy atom. The smallest absolute Gasteiger partial charge is 0.307 e. The number of hydrogen-bond acceptors (Lipinski definition) is 4. The molecule has 1 aromatic heterocycles. The molecule has 0 fully saturated rings. The molecule has 0 aliphatic carbocycles. The Morgan fingerprint density at radius 1 is 1.40 bits per heavy atom. The van der Waals surface area contributed by atoms with Crippen molar-refractivity contribution < 1.29 is 13.9 Å². The molecule has 106 valence electrons. The summed E-state index contributed by atoms with van der Waals surface area (Å²) < 4.78 is 10.1. The zero-order chi connectivity index (χ0) is 14.4. The van der Waals surface area contributed by atoms with E-state index in [9.17, 15) is 4.79 Å². The predicted molar refractivity (Wildman–Crippen MR) is 74.7 cm³/mol. The van der Waals surface area contributed by atoms with E-state index in [1.54, 1.807) is 7.11 Å². The summed E-state index contributed by atoms with van der Waals surface area (Å²) in [6.07, 6.45) is 3.72. The topological polar surface area (TPSA) is 64.4 Å². The molecule has 0 saturated carbocycles. The fraction of sp³-hybridized carbons (Fsp3) is 0.333. The largest absolute Gasteiger partial charge is 0.497 e. The molecule has 0 aliphatic rings. The molecule has 5 nitrogen and oxygen atoms in total. The third-order valence-corrected chi connectivity index (χ3v) is 2.98. The summed E-state index contributed by atoms with van der Waals surface area (Å²) in [7, 11) is 1.65. The molecular formula is C15H18N2O3. The number of nitrogens with one attached hydrogen (secondary N) is 1. The number of methoxy groups -OCH3 is 1. The van der Waals surface area contributed by atoms with Gasteiger partial charge in [0, 0.05) is 6.54 Å². The Balaban J connectivity index is 1.80. The number of hydrogen-bond donors (Lipinski definition) is 1. The highest BCUT2D eigenvalue weighted by atomic mass is 16.5. The Labute approximate surface area is 118 Å². The van der Waals surface area contributed by atoms with Crippen LogP contribution in [0.3, 0.4) is 0 Å². The molecule has 0 bridgehead atoms. The van der Waals surface area contributed by atoms with Gasteiger partial charge in [-0.3, -0.25) is 4.79 Å². The van der Waals surface area contributed by atoms with E-state index in [2.05, 4.69) is 17.2 Å². The molecule has 1 atom stereocenters. The lowest BCUT2D eigenvalue weighted by molar-refractivity contribution is 0.0913. The highest BCUT2D eigenvalue weighted by molar-refractivity contribution is 5.89. The monoisotopic (exact) mass is 274 g/mol. The molecule has 0 spiro atoms. The summed E-state index contributed by atoms with van der Waals surface area (Å²) in [4.78, 5) is 15.5. The van der Waals surface area contributed by atoms with E-state index in [0.29, 0.717) is 12.5 Å². The van der Waals surface area contributed by atoms with Gasteiger partial charge in [0.2, 0.25) is 0 Å². The van der Waals surface area contributed by atoms with Crippen LogP contribution in [-0.2, 0) is 6.42 Å². The molecular weight excluding hydrogens is 256 g/mol. The normalized spacial score (nSPS) is 11.9. The van der Waals surface area contributed by atoms with Crippen LogP contribution in [0.15, 0.2) is 41.1 Å². The van der Waals surface area contributed by atoms with Gasteiger partial charge in [-0.05, 0) is 30.0 Å². The summed E-state index contributed by atoms with van der Waals surface area (Å²) in [5, 5.41) is 2.81. The number of benzene rings is 1. The number of oxazole rings is 1. The van der Waals surface area contributed by atoms with Crippen molar-refractivity contribution in [1.82, 2.24) is 10.3 Å². The van der Waals surface area contributed by atoms with Crippen molar-refractivity contribution in [2.45, 2.75) is 13.3 Å². The third-order valence-electron chi connectivity index (χ3n) is 2.98. The molecule has 1 aromatic carbocycles. The number of carbonyl (C=O) groups excluding carboxylic acids is 1. The second-order valence-electron chi connectivity index (χ2n) is 4.70. The SMILES string of the molecule is COc1ccc(CC(C)CNC(=O)c2ncco2)cc1. The molecule has 0 saturated heterocycles. The van der Waals surface area contributed by atoms with Crippen LogP contribution in [0.2, 0.25) is 0 Å². The molecule has 0 aliphatic heterocycles. The zero-order valence-corrected chi connectivity index (χ0v) is 11.6. The Bertz CT molecular complexity index is 535. The van der Waals surface area contributed by atoms with Gasteiger partial charge in [0.05, 0.1) is 13.3 Å². The molecule has 20 heavy (non-hydrogen) atoms. The Morgan fingerprint density at radius 2 is 2.15 bits per heavy atom. The second-order valence-corrected chi connectivity index (χ2v) is 4.70. The van der Waals surface area contributed by atoms with Crippen molar-refractivity contribution in [1.29, 1.82) is 0 Å². The van der Waals surface area contributed by atoms with Gasteiger partial charge in [-0.2, -0.15) is 0 Å². The fourth-order valence-corrected chi connectivity index (χ4v) is 1.91. The van der Waals surface area contributed by atoms with Crippen molar-refractivity contribution >= 4 is 5.91 Å². The maximum absolute atomic E-state index is 11.7. The van der Waals surface area contributed by atoms with Crippen molar-refractivity contribution in [3.05, 3.63) is 48.2 Å². The highest BCUT2D eigenvalue weighted by Gasteiger charge is 2.11. The molecule has 2 rings (SSSR count). The summed E-state index contributed by atoms with van der Waals surface area (Å²) in [6.45, 7) is 2.66. The van der Waals surface area contributed by atoms with E-state index in [-0.39, 0.29) is 11.8 Å². The van der Waals surface area contributed by atoms with Crippen LogP contribution in [-0.4, -0.2) is 24.5 Å². The van der Waals surface area contributed by atoms with Gasteiger partial charge < -0.3 is 14.5 Å². The summed E-state index contributed by atoms with van der Waals surface area (Å²) in [6, 6.07) is 7.94. The number of rotatable bonds is 6. The van der Waals surface area contributed by atoms with Gasteiger partial charge in [0.15, 0.2) is 0 Å². The fourth-order valence-electron chi connectivity index (χ4n) is 1.91. The maximum Gasteiger partial charge on any atom is 0.307 e. The summed E-state index contributed by atoms with van der Waals surface area (Å²) in [5.74, 6) is 0.985. The first-order valence-corrected chi connectivity index (χ1v) is 6.49. The molecule has 2 aromatic rings. The van der Waals surface area contributed by atoms with Gasteiger partial charge in [0.1, 0.15) is 12.0 Å². The lowest BCUT2D eigenvalue weighted by Gasteiger charge is -2.12. The minimum atomic E-state index is -0.281. The van der Waals surface area contributed by atoms with Crippen LogP contribution in [0.25, 0.3) is 0 Å². The lowest BCUT2D eigenvalue weighted by Crippen LogP contribution is -2.29. The summed E-state index contributed by atoms with van der Waals surface area (Å²) in [5.41, 5.74) is 1.21.